The van der Waals surface area contributed by atoms with Crippen molar-refractivity contribution in [2.24, 2.45) is 0 Å². The Balaban J connectivity index is 0. The quantitative estimate of drug-likeness (QED) is 0.375. The first kappa shape index (κ1) is 207. The average molecular weight is 250 g/mol. The van der Waals surface area contributed by atoms with Crippen LogP contribution in [0, 0.1) is 0 Å². The van der Waals surface area contributed by atoms with Gasteiger partial charge >= 0.3 is 58.2 Å². The zero-order valence-corrected chi connectivity index (χ0v) is 10.0. The van der Waals surface area contributed by atoms with Gasteiger partial charge in [0.2, 0.25) is 0 Å². The molecular formula is F6RbV-5. The van der Waals surface area contributed by atoms with Gasteiger partial charge in [0.25, 0.3) is 0 Å². The van der Waals surface area contributed by atoms with Gasteiger partial charge in [-0.3, -0.25) is 0 Å². The Hall–Kier alpha value is 1.97. The molecule has 0 aliphatic carbocycles. The van der Waals surface area contributed by atoms with Crippen LogP contribution in [0.1, 0.15) is 0 Å². The number of hydrogen-bond donors (Lipinski definition) is 0. The van der Waals surface area contributed by atoms with Crippen molar-refractivity contribution in [2.75, 3.05) is 0 Å². The fourth-order valence-corrected chi connectivity index (χ4v) is 0. The molecule has 1 radical (unpaired) electrons. The maximum Gasteiger partial charge on any atom is 1.00 e. The van der Waals surface area contributed by atoms with Crippen molar-refractivity contribution in [1.29, 1.82) is 0 Å². The summed E-state index contributed by atoms with van der Waals surface area (Å²) >= 11 is 0. The van der Waals surface area contributed by atoms with Crippen LogP contribution in [0.3, 0.4) is 0 Å². The Morgan fingerprint density at radius 1 is 0.375 bits per heavy atom. The van der Waals surface area contributed by atoms with E-state index in [-0.39, 0.29) is 105 Å². The van der Waals surface area contributed by atoms with Crippen LogP contribution in [0.4, 0.5) is 0 Å². The first-order valence-electron chi connectivity index (χ1n) is 0. The smallest absolute Gasteiger partial charge is 1.00 e. The molecule has 53 valence electrons. The fourth-order valence-electron chi connectivity index (χ4n) is 0. The van der Waals surface area contributed by atoms with Crippen LogP contribution >= 0.6 is 0 Å². The van der Waals surface area contributed by atoms with E-state index in [1.807, 2.05) is 0 Å². The molecule has 0 aliphatic rings. The van der Waals surface area contributed by atoms with E-state index < -0.39 is 0 Å². The summed E-state index contributed by atoms with van der Waals surface area (Å²) in [6.45, 7) is 0. The molecule has 0 atom stereocenters. The van der Waals surface area contributed by atoms with Crippen LogP contribution in [0.15, 0.2) is 0 Å². The van der Waals surface area contributed by atoms with Crippen molar-refractivity contribution in [3.63, 3.8) is 0 Å². The Kier molecular flexibility index (Phi) is 3800. The molecule has 0 amide bonds. The Morgan fingerprint density at radius 2 is 0.375 bits per heavy atom. The van der Waals surface area contributed by atoms with E-state index in [2.05, 4.69) is 0 Å². The standard InChI is InChI=1S/6FH.Rb.V/h6*1H;;/q;;;;;;+1;/p-6. The summed E-state index contributed by atoms with van der Waals surface area (Å²) in [7, 11) is 0. The van der Waals surface area contributed by atoms with Crippen LogP contribution in [0.5, 0.6) is 0 Å². The average Bonchev–Trinajstić information content (AvgIpc) is 0. The van der Waals surface area contributed by atoms with E-state index in [0.717, 1.165) is 0 Å². The zero-order chi connectivity index (χ0) is 0. The first-order valence-corrected chi connectivity index (χ1v) is 0. The molecule has 8 heteroatoms. The minimum Gasteiger partial charge on any atom is -1.00 e. The minimum atomic E-state index is 0. The van der Waals surface area contributed by atoms with Crippen LogP contribution in [0.25, 0.3) is 0 Å². The fraction of sp³-hybridized carbons (Fsp3) is 0. The molecule has 0 saturated heterocycles. The third kappa shape index (κ3) is 99.8. The van der Waals surface area contributed by atoms with Crippen molar-refractivity contribution in [3.05, 3.63) is 0 Å². The van der Waals surface area contributed by atoms with E-state index in [1.165, 1.54) is 0 Å². The van der Waals surface area contributed by atoms with E-state index in [1.54, 1.807) is 0 Å². The number of rotatable bonds is 0. The van der Waals surface area contributed by atoms with Crippen molar-refractivity contribution in [2.45, 2.75) is 0 Å². The van der Waals surface area contributed by atoms with Crippen LogP contribution in [-0.4, -0.2) is 0 Å². The van der Waals surface area contributed by atoms with Gasteiger partial charge in [0.15, 0.2) is 0 Å². The van der Waals surface area contributed by atoms with E-state index in [0.29, 0.717) is 0 Å². The third-order valence-electron chi connectivity index (χ3n) is 0. The molecule has 0 heterocycles. The molecule has 0 saturated carbocycles. The van der Waals surface area contributed by atoms with Crippen molar-refractivity contribution < 1.29 is 105 Å². The van der Waals surface area contributed by atoms with Crippen LogP contribution in [-0.2, 0) is 18.6 Å². The van der Waals surface area contributed by atoms with Gasteiger partial charge in [-0.05, 0) is 0 Å². The van der Waals surface area contributed by atoms with Gasteiger partial charge in [0.05, 0.1) is 0 Å². The number of hydrogen-bond acceptors (Lipinski definition) is 0. The summed E-state index contributed by atoms with van der Waals surface area (Å²) < 4.78 is 0. The van der Waals surface area contributed by atoms with Gasteiger partial charge in [-0.25, -0.2) is 0 Å². The first-order chi connectivity index (χ1) is 0. The molecule has 0 rings (SSSR count). The molecule has 0 spiro atoms. The van der Waals surface area contributed by atoms with Gasteiger partial charge in [0.1, 0.15) is 0 Å². The largest absolute Gasteiger partial charge is 1.00 e. The molecule has 0 aromatic carbocycles. The van der Waals surface area contributed by atoms with Crippen LogP contribution < -0.4 is 86.4 Å². The predicted molar refractivity (Wildman–Crippen MR) is 0 cm³/mol. The normalized spacial score (nSPS) is 0. The molecular weight excluding hydrogens is 250 g/mol. The van der Waals surface area contributed by atoms with E-state index in [4.69, 9.17) is 0 Å². The van der Waals surface area contributed by atoms with E-state index >= 15 is 0 Å². The molecule has 0 aliphatic heterocycles. The molecule has 8 heavy (non-hydrogen) atoms. The predicted octanol–water partition coefficient (Wildman–Crippen LogP) is -21.0. The summed E-state index contributed by atoms with van der Waals surface area (Å²) in [6.07, 6.45) is 0. The third-order valence-corrected chi connectivity index (χ3v) is 0. The maximum absolute atomic E-state index is 0. The van der Waals surface area contributed by atoms with Crippen molar-refractivity contribution in [1.82, 2.24) is 0 Å². The van der Waals surface area contributed by atoms with Gasteiger partial charge < -0.3 is 28.2 Å². The second-order valence-electron chi connectivity index (χ2n) is 0. The van der Waals surface area contributed by atoms with Gasteiger partial charge in [-0.15, -0.1) is 0 Å². The molecule has 0 nitrogen and oxygen atoms in total. The topological polar surface area (TPSA) is 0 Å². The summed E-state index contributed by atoms with van der Waals surface area (Å²) in [5.74, 6) is 0. The molecule has 0 bridgehead atoms. The summed E-state index contributed by atoms with van der Waals surface area (Å²) in [4.78, 5) is 0. The molecule has 0 N–H and O–H groups in total. The Labute approximate surface area is 103 Å². The van der Waals surface area contributed by atoms with Gasteiger partial charge in [-0.1, -0.05) is 0 Å². The second-order valence-corrected chi connectivity index (χ2v) is 0. The Bertz CT molecular complexity index is 8.49. The summed E-state index contributed by atoms with van der Waals surface area (Å²) in [5, 5.41) is 0. The molecule has 0 fully saturated rings. The summed E-state index contributed by atoms with van der Waals surface area (Å²) in [6, 6.07) is 0. The number of halogens is 6. The molecule has 0 unspecified atom stereocenters. The van der Waals surface area contributed by atoms with Crippen LogP contribution in [0.2, 0.25) is 0 Å². The SMILES string of the molecule is [F-].[F-].[F-].[F-].[F-].[F-].[Rb+].[V]. The summed E-state index contributed by atoms with van der Waals surface area (Å²) in [5.41, 5.74) is 0. The molecule has 0 aromatic heterocycles. The van der Waals surface area contributed by atoms with Crippen molar-refractivity contribution >= 4 is 0 Å². The Morgan fingerprint density at radius 3 is 0.375 bits per heavy atom. The second kappa shape index (κ2) is 147. The van der Waals surface area contributed by atoms with Gasteiger partial charge in [0, 0.05) is 18.6 Å². The maximum atomic E-state index is 0. The van der Waals surface area contributed by atoms with Crippen molar-refractivity contribution in [3.8, 4) is 0 Å². The monoisotopic (exact) mass is 250 g/mol. The molecule has 0 aromatic rings. The minimum absolute atomic E-state index is 0. The van der Waals surface area contributed by atoms with E-state index in [9.17, 15) is 0 Å². The van der Waals surface area contributed by atoms with Gasteiger partial charge in [-0.2, -0.15) is 0 Å². The zero-order valence-electron chi connectivity index (χ0n) is 3.72.